The highest BCUT2D eigenvalue weighted by atomic mass is 16.2. The van der Waals surface area contributed by atoms with E-state index in [-0.39, 0.29) is 11.9 Å². The lowest BCUT2D eigenvalue weighted by Gasteiger charge is -2.26. The van der Waals surface area contributed by atoms with E-state index < -0.39 is 0 Å². The number of likely N-dealkylation sites (tertiary alicyclic amines) is 1. The highest BCUT2D eigenvalue weighted by Crippen LogP contribution is 2.22. The van der Waals surface area contributed by atoms with Gasteiger partial charge in [0.15, 0.2) is 0 Å². The second kappa shape index (κ2) is 7.46. The van der Waals surface area contributed by atoms with E-state index in [0.717, 1.165) is 24.7 Å². The SMILES string of the molecule is CCC1CCCN(C(C)C(=O)Nc2ccc(N)cc2)CC1. The maximum atomic E-state index is 12.4. The van der Waals surface area contributed by atoms with Gasteiger partial charge in [-0.1, -0.05) is 13.3 Å². The van der Waals surface area contributed by atoms with E-state index in [0.29, 0.717) is 5.69 Å². The number of rotatable bonds is 4. The van der Waals surface area contributed by atoms with Gasteiger partial charge in [0.1, 0.15) is 0 Å². The van der Waals surface area contributed by atoms with Gasteiger partial charge in [0.05, 0.1) is 6.04 Å². The minimum Gasteiger partial charge on any atom is -0.399 e. The molecule has 1 aliphatic rings. The molecule has 0 aliphatic carbocycles. The smallest absolute Gasteiger partial charge is 0.241 e. The van der Waals surface area contributed by atoms with E-state index in [1.54, 1.807) is 12.1 Å². The molecular formula is C17H27N3O. The third kappa shape index (κ3) is 4.46. The third-order valence-corrected chi connectivity index (χ3v) is 4.56. The van der Waals surface area contributed by atoms with Crippen molar-refractivity contribution in [1.29, 1.82) is 0 Å². The van der Waals surface area contributed by atoms with Crippen LogP contribution in [0.25, 0.3) is 0 Å². The van der Waals surface area contributed by atoms with Gasteiger partial charge in [0.2, 0.25) is 5.91 Å². The minimum absolute atomic E-state index is 0.0646. The van der Waals surface area contributed by atoms with Gasteiger partial charge in [0, 0.05) is 11.4 Å². The summed E-state index contributed by atoms with van der Waals surface area (Å²) >= 11 is 0. The number of nitrogen functional groups attached to an aromatic ring is 1. The Morgan fingerprint density at radius 1 is 1.33 bits per heavy atom. The molecule has 0 saturated carbocycles. The van der Waals surface area contributed by atoms with E-state index in [4.69, 9.17) is 5.73 Å². The molecule has 21 heavy (non-hydrogen) atoms. The van der Waals surface area contributed by atoms with Crippen LogP contribution in [0, 0.1) is 5.92 Å². The van der Waals surface area contributed by atoms with Gasteiger partial charge in [-0.25, -0.2) is 0 Å². The molecule has 1 heterocycles. The zero-order valence-electron chi connectivity index (χ0n) is 13.1. The summed E-state index contributed by atoms with van der Waals surface area (Å²) in [7, 11) is 0. The number of benzene rings is 1. The van der Waals surface area contributed by atoms with Gasteiger partial charge >= 0.3 is 0 Å². The number of anilines is 2. The predicted octanol–water partition coefficient (Wildman–Crippen LogP) is 3.11. The van der Waals surface area contributed by atoms with Crippen LogP contribution in [0.4, 0.5) is 11.4 Å². The maximum Gasteiger partial charge on any atom is 0.241 e. The van der Waals surface area contributed by atoms with Crippen LogP contribution in [0.1, 0.15) is 39.5 Å². The lowest BCUT2D eigenvalue weighted by atomic mass is 9.98. The van der Waals surface area contributed by atoms with Crippen LogP contribution in [0.15, 0.2) is 24.3 Å². The number of nitrogens with two attached hydrogens (primary N) is 1. The molecule has 2 rings (SSSR count). The number of amides is 1. The van der Waals surface area contributed by atoms with E-state index in [1.165, 1.54) is 25.7 Å². The zero-order chi connectivity index (χ0) is 15.2. The van der Waals surface area contributed by atoms with Crippen molar-refractivity contribution in [3.8, 4) is 0 Å². The van der Waals surface area contributed by atoms with E-state index in [1.807, 2.05) is 19.1 Å². The summed E-state index contributed by atoms with van der Waals surface area (Å²) in [5.74, 6) is 0.886. The Balaban J connectivity index is 1.90. The first-order chi connectivity index (χ1) is 10.1. The number of nitrogens with zero attached hydrogens (tertiary/aromatic N) is 1. The largest absolute Gasteiger partial charge is 0.399 e. The molecule has 1 saturated heterocycles. The molecular weight excluding hydrogens is 262 g/mol. The second-order valence-corrected chi connectivity index (χ2v) is 6.03. The molecule has 0 radical (unpaired) electrons. The van der Waals surface area contributed by atoms with Gasteiger partial charge in [-0.2, -0.15) is 0 Å². The Morgan fingerprint density at radius 3 is 2.71 bits per heavy atom. The summed E-state index contributed by atoms with van der Waals surface area (Å²) in [6.45, 7) is 6.30. The molecule has 1 aliphatic heterocycles. The van der Waals surface area contributed by atoms with Gasteiger partial charge in [-0.15, -0.1) is 0 Å². The first kappa shape index (κ1) is 15.8. The average molecular weight is 289 g/mol. The highest BCUT2D eigenvalue weighted by Gasteiger charge is 2.24. The molecule has 1 aromatic rings. The molecule has 116 valence electrons. The van der Waals surface area contributed by atoms with Gasteiger partial charge in [-0.05, 0) is 69.5 Å². The molecule has 0 spiro atoms. The molecule has 4 heteroatoms. The van der Waals surface area contributed by atoms with E-state index >= 15 is 0 Å². The summed E-state index contributed by atoms with van der Waals surface area (Å²) in [4.78, 5) is 14.7. The van der Waals surface area contributed by atoms with Crippen molar-refractivity contribution in [3.05, 3.63) is 24.3 Å². The van der Waals surface area contributed by atoms with Crippen LogP contribution in [-0.2, 0) is 4.79 Å². The Labute approximate surface area is 127 Å². The topological polar surface area (TPSA) is 58.4 Å². The third-order valence-electron chi connectivity index (χ3n) is 4.56. The molecule has 3 N–H and O–H groups in total. The molecule has 0 aromatic heterocycles. The second-order valence-electron chi connectivity index (χ2n) is 6.03. The van der Waals surface area contributed by atoms with Crippen LogP contribution < -0.4 is 11.1 Å². The van der Waals surface area contributed by atoms with Crippen molar-refractivity contribution in [3.63, 3.8) is 0 Å². The number of nitrogens with one attached hydrogen (secondary N) is 1. The number of carbonyl (C=O) groups is 1. The molecule has 4 nitrogen and oxygen atoms in total. The van der Waals surface area contributed by atoms with Crippen molar-refractivity contribution >= 4 is 17.3 Å². The fourth-order valence-electron chi connectivity index (χ4n) is 2.96. The maximum absolute atomic E-state index is 12.4. The monoisotopic (exact) mass is 289 g/mol. The van der Waals surface area contributed by atoms with Gasteiger partial charge in [-0.3, -0.25) is 9.69 Å². The summed E-state index contributed by atoms with van der Waals surface area (Å²) < 4.78 is 0. The van der Waals surface area contributed by atoms with Crippen LogP contribution in [-0.4, -0.2) is 29.9 Å². The van der Waals surface area contributed by atoms with Crippen molar-refractivity contribution in [2.24, 2.45) is 5.92 Å². The van der Waals surface area contributed by atoms with Crippen molar-refractivity contribution in [1.82, 2.24) is 4.90 Å². The zero-order valence-corrected chi connectivity index (χ0v) is 13.1. The first-order valence-electron chi connectivity index (χ1n) is 8.00. The Hall–Kier alpha value is -1.55. The molecule has 1 aromatic carbocycles. The summed E-state index contributed by atoms with van der Waals surface area (Å²) in [5, 5.41) is 2.98. The molecule has 0 bridgehead atoms. The number of hydrogen-bond acceptors (Lipinski definition) is 3. The number of carbonyl (C=O) groups excluding carboxylic acids is 1. The lowest BCUT2D eigenvalue weighted by molar-refractivity contribution is -0.120. The lowest BCUT2D eigenvalue weighted by Crippen LogP contribution is -2.42. The summed E-state index contributed by atoms with van der Waals surface area (Å²) in [6, 6.07) is 7.21. The van der Waals surface area contributed by atoms with Crippen molar-refractivity contribution < 1.29 is 4.79 Å². The number of hydrogen-bond donors (Lipinski definition) is 2. The Kier molecular flexibility index (Phi) is 5.62. The minimum atomic E-state index is -0.0850. The van der Waals surface area contributed by atoms with Crippen molar-refractivity contribution in [2.45, 2.75) is 45.6 Å². The van der Waals surface area contributed by atoms with Crippen molar-refractivity contribution in [2.75, 3.05) is 24.1 Å². The summed E-state index contributed by atoms with van der Waals surface area (Å²) in [5.41, 5.74) is 7.17. The Bertz CT molecular complexity index is 458. The normalized spacial score (nSPS) is 21.5. The molecule has 2 unspecified atom stereocenters. The predicted molar refractivity (Wildman–Crippen MR) is 88.2 cm³/mol. The standard InChI is InChI=1S/C17H27N3O/c1-3-14-5-4-11-20(12-10-14)13(2)17(21)19-16-8-6-15(18)7-9-16/h6-9,13-14H,3-5,10-12,18H2,1-2H3,(H,19,21). The van der Waals surface area contributed by atoms with E-state index in [9.17, 15) is 4.79 Å². The first-order valence-corrected chi connectivity index (χ1v) is 8.00. The fraction of sp³-hybridized carbons (Fsp3) is 0.588. The molecule has 2 atom stereocenters. The molecule has 1 fully saturated rings. The summed E-state index contributed by atoms with van der Waals surface area (Å²) in [6.07, 6.45) is 4.94. The van der Waals surface area contributed by atoms with Crippen LogP contribution in [0.5, 0.6) is 0 Å². The van der Waals surface area contributed by atoms with Crippen LogP contribution >= 0.6 is 0 Å². The van der Waals surface area contributed by atoms with Crippen LogP contribution in [0.2, 0.25) is 0 Å². The van der Waals surface area contributed by atoms with Gasteiger partial charge in [0.25, 0.3) is 0 Å². The highest BCUT2D eigenvalue weighted by molar-refractivity contribution is 5.94. The fourth-order valence-corrected chi connectivity index (χ4v) is 2.96. The van der Waals surface area contributed by atoms with E-state index in [2.05, 4.69) is 17.1 Å². The van der Waals surface area contributed by atoms with Gasteiger partial charge < -0.3 is 11.1 Å². The quantitative estimate of drug-likeness (QED) is 0.837. The Morgan fingerprint density at radius 2 is 2.05 bits per heavy atom. The molecule has 1 amide bonds. The average Bonchev–Trinajstić information content (AvgIpc) is 2.74. The van der Waals surface area contributed by atoms with Crippen LogP contribution in [0.3, 0.4) is 0 Å².